The molecule has 3 atom stereocenters. The maximum Gasteiger partial charge on any atom is 0.124 e. The van der Waals surface area contributed by atoms with Crippen LogP contribution in [0.4, 0.5) is 0 Å². The molecule has 0 spiro atoms. The molecule has 1 saturated heterocycles. The minimum atomic E-state index is 0.164. The van der Waals surface area contributed by atoms with Crippen molar-refractivity contribution in [3.63, 3.8) is 0 Å². The average Bonchev–Trinajstić information content (AvgIpc) is 2.46. The molecule has 4 nitrogen and oxygen atoms in total. The third-order valence-corrected chi connectivity index (χ3v) is 4.17. The van der Waals surface area contributed by atoms with Crippen molar-refractivity contribution in [3.8, 4) is 11.5 Å². The van der Waals surface area contributed by atoms with Crippen LogP contribution < -0.4 is 4.74 Å². The van der Waals surface area contributed by atoms with E-state index in [9.17, 15) is 5.11 Å². The van der Waals surface area contributed by atoms with Crippen LogP contribution in [0.1, 0.15) is 38.8 Å². The lowest BCUT2D eigenvalue weighted by Crippen LogP contribution is -2.49. The molecule has 20 heavy (non-hydrogen) atoms. The highest BCUT2D eigenvalue weighted by molar-refractivity contribution is 5.41. The standard InChI is InChI=1S/C16H25NO3/c1-5-13-10-20-11(2)9-17(13)12(3)15-7-6-14(19-4)8-16(15)18/h6-8,11-13,18H,5,9-10H2,1-4H3. The lowest BCUT2D eigenvalue weighted by atomic mass is 10.0. The monoisotopic (exact) mass is 279 g/mol. The first-order valence-corrected chi connectivity index (χ1v) is 7.31. The molecular weight excluding hydrogens is 254 g/mol. The molecule has 1 aromatic carbocycles. The summed E-state index contributed by atoms with van der Waals surface area (Å²) in [6.45, 7) is 8.07. The predicted molar refractivity (Wildman–Crippen MR) is 79.3 cm³/mol. The molecule has 0 radical (unpaired) electrons. The lowest BCUT2D eigenvalue weighted by molar-refractivity contribution is -0.0708. The van der Waals surface area contributed by atoms with Crippen molar-refractivity contribution < 1.29 is 14.6 Å². The molecule has 3 unspecified atom stereocenters. The highest BCUT2D eigenvalue weighted by Crippen LogP contribution is 2.34. The van der Waals surface area contributed by atoms with E-state index in [-0.39, 0.29) is 12.1 Å². The van der Waals surface area contributed by atoms with Crippen molar-refractivity contribution in [1.29, 1.82) is 0 Å². The highest BCUT2D eigenvalue weighted by Gasteiger charge is 2.30. The minimum absolute atomic E-state index is 0.164. The zero-order chi connectivity index (χ0) is 14.7. The van der Waals surface area contributed by atoms with Gasteiger partial charge in [-0.15, -0.1) is 0 Å². The number of nitrogens with zero attached hydrogens (tertiary/aromatic N) is 1. The average molecular weight is 279 g/mol. The Labute approximate surface area is 121 Å². The number of morpholine rings is 1. The van der Waals surface area contributed by atoms with Crippen LogP contribution in [-0.4, -0.2) is 42.4 Å². The molecule has 4 heteroatoms. The van der Waals surface area contributed by atoms with Crippen molar-refractivity contribution in [1.82, 2.24) is 4.90 Å². The summed E-state index contributed by atoms with van der Waals surface area (Å²) in [5.74, 6) is 0.978. The Hall–Kier alpha value is -1.26. The summed E-state index contributed by atoms with van der Waals surface area (Å²) in [6, 6.07) is 6.10. The van der Waals surface area contributed by atoms with E-state index in [0.29, 0.717) is 17.5 Å². The summed E-state index contributed by atoms with van der Waals surface area (Å²) >= 11 is 0. The number of ether oxygens (including phenoxy) is 2. The Morgan fingerprint density at radius 3 is 2.85 bits per heavy atom. The zero-order valence-corrected chi connectivity index (χ0v) is 12.8. The van der Waals surface area contributed by atoms with Crippen LogP contribution >= 0.6 is 0 Å². The van der Waals surface area contributed by atoms with Crippen molar-refractivity contribution in [2.75, 3.05) is 20.3 Å². The molecule has 0 aliphatic carbocycles. The Balaban J connectivity index is 2.22. The number of phenols is 1. The summed E-state index contributed by atoms with van der Waals surface area (Å²) in [7, 11) is 1.61. The number of rotatable bonds is 4. The second-order valence-electron chi connectivity index (χ2n) is 5.50. The van der Waals surface area contributed by atoms with Gasteiger partial charge in [0.2, 0.25) is 0 Å². The molecular formula is C16H25NO3. The van der Waals surface area contributed by atoms with Gasteiger partial charge in [0.05, 0.1) is 19.8 Å². The second-order valence-corrected chi connectivity index (χ2v) is 5.50. The lowest BCUT2D eigenvalue weighted by Gasteiger charge is -2.42. The fourth-order valence-electron chi connectivity index (χ4n) is 2.88. The van der Waals surface area contributed by atoms with Gasteiger partial charge in [-0.2, -0.15) is 0 Å². The van der Waals surface area contributed by atoms with Crippen LogP contribution in [0.15, 0.2) is 18.2 Å². The largest absolute Gasteiger partial charge is 0.507 e. The smallest absolute Gasteiger partial charge is 0.124 e. The fraction of sp³-hybridized carbons (Fsp3) is 0.625. The molecule has 1 aliphatic rings. The Morgan fingerprint density at radius 1 is 1.50 bits per heavy atom. The van der Waals surface area contributed by atoms with Gasteiger partial charge in [-0.1, -0.05) is 13.0 Å². The number of methoxy groups -OCH3 is 1. The minimum Gasteiger partial charge on any atom is -0.507 e. The molecule has 1 aromatic rings. The first-order chi connectivity index (χ1) is 9.56. The third-order valence-electron chi connectivity index (χ3n) is 4.17. The van der Waals surface area contributed by atoms with Crippen LogP contribution in [0.2, 0.25) is 0 Å². The van der Waals surface area contributed by atoms with Crippen LogP contribution in [0.25, 0.3) is 0 Å². The second kappa shape index (κ2) is 6.46. The van der Waals surface area contributed by atoms with Gasteiger partial charge in [0, 0.05) is 30.3 Å². The van der Waals surface area contributed by atoms with Crippen LogP contribution in [-0.2, 0) is 4.74 Å². The van der Waals surface area contributed by atoms with E-state index in [2.05, 4.69) is 25.7 Å². The molecule has 112 valence electrons. The predicted octanol–water partition coefficient (Wildman–Crippen LogP) is 2.96. The van der Waals surface area contributed by atoms with Gasteiger partial charge in [0.15, 0.2) is 0 Å². The van der Waals surface area contributed by atoms with Gasteiger partial charge in [0.25, 0.3) is 0 Å². The van der Waals surface area contributed by atoms with Gasteiger partial charge < -0.3 is 14.6 Å². The number of aromatic hydroxyl groups is 1. The fourth-order valence-corrected chi connectivity index (χ4v) is 2.88. The van der Waals surface area contributed by atoms with Crippen LogP contribution in [0.3, 0.4) is 0 Å². The highest BCUT2D eigenvalue weighted by atomic mass is 16.5. The van der Waals surface area contributed by atoms with Gasteiger partial charge in [-0.05, 0) is 26.3 Å². The number of phenolic OH excluding ortho intramolecular Hbond substituents is 1. The van der Waals surface area contributed by atoms with Gasteiger partial charge >= 0.3 is 0 Å². The Bertz CT molecular complexity index is 449. The molecule has 2 rings (SSSR count). The van der Waals surface area contributed by atoms with E-state index in [0.717, 1.165) is 25.1 Å². The SMILES string of the molecule is CCC1COC(C)CN1C(C)c1ccc(OC)cc1O. The van der Waals surface area contributed by atoms with Gasteiger partial charge in [-0.3, -0.25) is 4.90 Å². The molecule has 1 fully saturated rings. The molecule has 1 N–H and O–H groups in total. The van der Waals surface area contributed by atoms with Crippen LogP contribution in [0.5, 0.6) is 11.5 Å². The van der Waals surface area contributed by atoms with E-state index >= 15 is 0 Å². The topological polar surface area (TPSA) is 41.9 Å². The van der Waals surface area contributed by atoms with E-state index in [1.165, 1.54) is 0 Å². The third kappa shape index (κ3) is 3.07. The van der Waals surface area contributed by atoms with Gasteiger partial charge in [0.1, 0.15) is 11.5 Å². The van der Waals surface area contributed by atoms with E-state index in [1.807, 2.05) is 12.1 Å². The van der Waals surface area contributed by atoms with Gasteiger partial charge in [-0.25, -0.2) is 0 Å². The molecule has 1 aliphatic heterocycles. The quantitative estimate of drug-likeness (QED) is 0.920. The van der Waals surface area contributed by atoms with E-state index in [4.69, 9.17) is 9.47 Å². The maximum absolute atomic E-state index is 10.2. The molecule has 0 bridgehead atoms. The van der Waals surface area contributed by atoms with Crippen LogP contribution in [0, 0.1) is 0 Å². The number of hydrogen-bond donors (Lipinski definition) is 1. The van der Waals surface area contributed by atoms with Crippen molar-refractivity contribution >= 4 is 0 Å². The number of benzene rings is 1. The zero-order valence-electron chi connectivity index (χ0n) is 12.8. The van der Waals surface area contributed by atoms with E-state index < -0.39 is 0 Å². The summed E-state index contributed by atoms with van der Waals surface area (Å²) in [6.07, 6.45) is 1.29. The molecule has 1 heterocycles. The van der Waals surface area contributed by atoms with E-state index in [1.54, 1.807) is 13.2 Å². The summed E-state index contributed by atoms with van der Waals surface area (Å²) in [5, 5.41) is 10.2. The van der Waals surface area contributed by atoms with Crippen molar-refractivity contribution in [2.45, 2.75) is 45.4 Å². The van der Waals surface area contributed by atoms with Crippen molar-refractivity contribution in [2.24, 2.45) is 0 Å². The maximum atomic E-state index is 10.2. The van der Waals surface area contributed by atoms with Crippen molar-refractivity contribution in [3.05, 3.63) is 23.8 Å². The summed E-state index contributed by atoms with van der Waals surface area (Å²) < 4.78 is 10.9. The molecule has 0 saturated carbocycles. The number of hydrogen-bond acceptors (Lipinski definition) is 4. The normalized spacial score (nSPS) is 25.4. The first kappa shape index (κ1) is 15.1. The Morgan fingerprint density at radius 2 is 2.25 bits per heavy atom. The molecule has 0 aromatic heterocycles. The Kier molecular flexibility index (Phi) is 4.89. The first-order valence-electron chi connectivity index (χ1n) is 7.31. The summed E-state index contributed by atoms with van der Waals surface area (Å²) in [5.41, 5.74) is 0.943. The summed E-state index contributed by atoms with van der Waals surface area (Å²) in [4.78, 5) is 2.43. The molecule has 0 amide bonds.